The number of rotatable bonds is 1. The van der Waals surface area contributed by atoms with Crippen LogP contribution in [0.5, 0.6) is 0 Å². The Hall–Kier alpha value is -2.20. The number of hydrogen-bond donors (Lipinski definition) is 0. The Bertz CT molecular complexity index is 993. The molecular weight excluding hydrogens is 304 g/mol. The van der Waals surface area contributed by atoms with Gasteiger partial charge in [-0.1, -0.05) is 23.5 Å². The molecule has 1 amide bonds. The molecule has 118 valence electrons. The van der Waals surface area contributed by atoms with Crippen LogP contribution >= 0.6 is 11.3 Å². The van der Waals surface area contributed by atoms with E-state index in [-0.39, 0.29) is 5.91 Å². The van der Waals surface area contributed by atoms with Gasteiger partial charge in [-0.2, -0.15) is 4.99 Å². The molecule has 2 aromatic carbocycles. The van der Waals surface area contributed by atoms with E-state index in [1.54, 1.807) is 11.3 Å². The summed E-state index contributed by atoms with van der Waals surface area (Å²) in [6.07, 6.45) is 0. The molecule has 0 aliphatic rings. The SMILES string of the molecule is Cc1cc(C)c2c(c1)sc(=NC(=O)c1ccc(C)c(C)c1)n2C. The van der Waals surface area contributed by atoms with Gasteiger partial charge in [-0.25, -0.2) is 0 Å². The van der Waals surface area contributed by atoms with Gasteiger partial charge < -0.3 is 4.57 Å². The Labute approximate surface area is 139 Å². The van der Waals surface area contributed by atoms with Crippen molar-refractivity contribution in [3.8, 4) is 0 Å². The Balaban J connectivity index is 2.14. The van der Waals surface area contributed by atoms with E-state index in [9.17, 15) is 4.79 Å². The number of aryl methyl sites for hydroxylation is 5. The molecule has 0 bridgehead atoms. The Morgan fingerprint density at radius 1 is 1.00 bits per heavy atom. The molecule has 3 aromatic rings. The minimum Gasteiger partial charge on any atom is -0.319 e. The molecule has 0 atom stereocenters. The van der Waals surface area contributed by atoms with Gasteiger partial charge in [0.15, 0.2) is 4.80 Å². The van der Waals surface area contributed by atoms with Gasteiger partial charge in [-0.05, 0) is 68.1 Å². The average Bonchev–Trinajstić information content (AvgIpc) is 2.78. The van der Waals surface area contributed by atoms with Crippen molar-refractivity contribution in [2.24, 2.45) is 12.0 Å². The number of aromatic nitrogens is 1. The van der Waals surface area contributed by atoms with Gasteiger partial charge in [0.2, 0.25) is 0 Å². The minimum absolute atomic E-state index is 0.190. The summed E-state index contributed by atoms with van der Waals surface area (Å²) >= 11 is 1.56. The largest absolute Gasteiger partial charge is 0.319 e. The molecule has 0 unspecified atom stereocenters. The molecule has 4 heteroatoms. The van der Waals surface area contributed by atoms with Gasteiger partial charge in [0.05, 0.1) is 10.2 Å². The van der Waals surface area contributed by atoms with E-state index in [2.05, 4.69) is 31.0 Å². The van der Waals surface area contributed by atoms with Crippen LogP contribution in [0.25, 0.3) is 10.2 Å². The van der Waals surface area contributed by atoms with Crippen molar-refractivity contribution in [1.29, 1.82) is 0 Å². The summed E-state index contributed by atoms with van der Waals surface area (Å²) in [4.78, 5) is 17.6. The van der Waals surface area contributed by atoms with Crippen LogP contribution in [-0.2, 0) is 7.05 Å². The minimum atomic E-state index is -0.190. The molecule has 3 rings (SSSR count). The first kappa shape index (κ1) is 15.7. The Morgan fingerprint density at radius 3 is 2.43 bits per heavy atom. The fourth-order valence-electron chi connectivity index (χ4n) is 2.81. The second-order valence-corrected chi connectivity index (χ2v) is 7.10. The summed E-state index contributed by atoms with van der Waals surface area (Å²) in [7, 11) is 1.97. The van der Waals surface area contributed by atoms with Crippen LogP contribution < -0.4 is 4.80 Å². The van der Waals surface area contributed by atoms with E-state index in [0.29, 0.717) is 5.56 Å². The number of benzene rings is 2. The van der Waals surface area contributed by atoms with Gasteiger partial charge >= 0.3 is 0 Å². The van der Waals surface area contributed by atoms with Gasteiger partial charge in [0.1, 0.15) is 0 Å². The van der Waals surface area contributed by atoms with Crippen molar-refractivity contribution in [2.75, 3.05) is 0 Å². The smallest absolute Gasteiger partial charge is 0.279 e. The molecule has 0 aliphatic carbocycles. The molecular formula is C19H20N2OS. The lowest BCUT2D eigenvalue weighted by atomic mass is 10.1. The Morgan fingerprint density at radius 2 is 1.74 bits per heavy atom. The van der Waals surface area contributed by atoms with Crippen LogP contribution in [0.1, 0.15) is 32.6 Å². The van der Waals surface area contributed by atoms with Crippen molar-refractivity contribution < 1.29 is 4.79 Å². The van der Waals surface area contributed by atoms with E-state index in [4.69, 9.17) is 0 Å². The lowest BCUT2D eigenvalue weighted by Crippen LogP contribution is -2.13. The number of fused-ring (bicyclic) bond motifs is 1. The molecule has 23 heavy (non-hydrogen) atoms. The van der Waals surface area contributed by atoms with Crippen LogP contribution in [0.15, 0.2) is 35.3 Å². The molecule has 0 aliphatic heterocycles. The van der Waals surface area contributed by atoms with Crippen LogP contribution in [0, 0.1) is 27.7 Å². The monoisotopic (exact) mass is 324 g/mol. The maximum atomic E-state index is 12.5. The van der Waals surface area contributed by atoms with Crippen molar-refractivity contribution in [3.05, 3.63) is 63.0 Å². The summed E-state index contributed by atoms with van der Waals surface area (Å²) < 4.78 is 3.17. The maximum Gasteiger partial charge on any atom is 0.279 e. The molecule has 0 N–H and O–H groups in total. The Kier molecular flexibility index (Phi) is 3.94. The van der Waals surface area contributed by atoms with Gasteiger partial charge in [0, 0.05) is 12.6 Å². The first-order valence-electron chi connectivity index (χ1n) is 7.60. The zero-order valence-corrected chi connectivity index (χ0v) is 14.9. The van der Waals surface area contributed by atoms with Crippen molar-refractivity contribution >= 4 is 27.5 Å². The lowest BCUT2D eigenvalue weighted by molar-refractivity contribution is 0.0998. The summed E-state index contributed by atoms with van der Waals surface area (Å²) in [5.41, 5.74) is 6.51. The second-order valence-electron chi connectivity index (χ2n) is 6.09. The fourth-order valence-corrected chi connectivity index (χ4v) is 4.01. The maximum absolute atomic E-state index is 12.5. The molecule has 1 aromatic heterocycles. The standard InChI is InChI=1S/C19H20N2OS/c1-11-8-14(4)17-16(9-11)23-19(21(17)5)20-18(22)15-7-6-12(2)13(3)10-15/h6-10H,1-5H3. The van der Waals surface area contributed by atoms with E-state index >= 15 is 0 Å². The zero-order chi connectivity index (χ0) is 16.7. The zero-order valence-electron chi connectivity index (χ0n) is 14.1. The van der Waals surface area contributed by atoms with Crippen molar-refractivity contribution in [3.63, 3.8) is 0 Å². The highest BCUT2D eigenvalue weighted by Gasteiger charge is 2.10. The molecule has 1 heterocycles. The van der Waals surface area contributed by atoms with Crippen LogP contribution in [0.2, 0.25) is 0 Å². The van der Waals surface area contributed by atoms with Crippen LogP contribution in [-0.4, -0.2) is 10.5 Å². The summed E-state index contributed by atoms with van der Waals surface area (Å²) in [6, 6.07) is 10.0. The van der Waals surface area contributed by atoms with E-state index < -0.39 is 0 Å². The van der Waals surface area contributed by atoms with Gasteiger partial charge in [-0.3, -0.25) is 4.79 Å². The van der Waals surface area contributed by atoms with E-state index in [1.165, 1.54) is 16.7 Å². The normalized spacial score (nSPS) is 12.1. The summed E-state index contributed by atoms with van der Waals surface area (Å²) in [5, 5.41) is 0. The van der Waals surface area contributed by atoms with E-state index in [0.717, 1.165) is 20.6 Å². The highest BCUT2D eigenvalue weighted by atomic mass is 32.1. The molecule has 3 nitrogen and oxygen atoms in total. The third-order valence-electron chi connectivity index (χ3n) is 4.18. The van der Waals surface area contributed by atoms with Crippen LogP contribution in [0.3, 0.4) is 0 Å². The van der Waals surface area contributed by atoms with Gasteiger partial charge in [0.25, 0.3) is 5.91 Å². The summed E-state index contributed by atoms with van der Waals surface area (Å²) in [5.74, 6) is -0.190. The second kappa shape index (κ2) is 5.78. The molecule has 0 saturated carbocycles. The van der Waals surface area contributed by atoms with Crippen molar-refractivity contribution in [1.82, 2.24) is 4.57 Å². The van der Waals surface area contributed by atoms with Gasteiger partial charge in [-0.15, -0.1) is 0 Å². The predicted octanol–water partition coefficient (Wildman–Crippen LogP) is 4.21. The predicted molar refractivity (Wildman–Crippen MR) is 96.1 cm³/mol. The number of carbonyl (C=O) groups is 1. The topological polar surface area (TPSA) is 34.4 Å². The first-order valence-corrected chi connectivity index (χ1v) is 8.41. The number of thiazole rings is 1. The summed E-state index contributed by atoms with van der Waals surface area (Å²) in [6.45, 7) is 8.23. The quantitative estimate of drug-likeness (QED) is 0.660. The highest BCUT2D eigenvalue weighted by molar-refractivity contribution is 7.16. The third kappa shape index (κ3) is 2.86. The number of amides is 1. The fraction of sp³-hybridized carbons (Fsp3) is 0.263. The first-order chi connectivity index (χ1) is 10.9. The van der Waals surface area contributed by atoms with E-state index in [1.807, 2.05) is 43.7 Å². The van der Waals surface area contributed by atoms with Crippen molar-refractivity contribution in [2.45, 2.75) is 27.7 Å². The molecule has 0 radical (unpaired) electrons. The molecule has 0 spiro atoms. The highest BCUT2D eigenvalue weighted by Crippen LogP contribution is 2.22. The number of nitrogens with zero attached hydrogens (tertiary/aromatic N) is 2. The third-order valence-corrected chi connectivity index (χ3v) is 5.26. The lowest BCUT2D eigenvalue weighted by Gasteiger charge is -2.02. The number of carbonyl (C=O) groups excluding carboxylic acids is 1. The average molecular weight is 324 g/mol. The molecule has 0 fully saturated rings. The van der Waals surface area contributed by atoms with Crippen LogP contribution in [0.4, 0.5) is 0 Å². The molecule has 0 saturated heterocycles. The number of hydrogen-bond acceptors (Lipinski definition) is 2.